The first kappa shape index (κ1) is 11.7. The van der Waals surface area contributed by atoms with E-state index in [0.29, 0.717) is 6.42 Å². The average Bonchev–Trinajstić information content (AvgIpc) is 2.79. The Kier molecular flexibility index (Phi) is 2.31. The number of hydrogen-bond donors (Lipinski definition) is 0. The SMILES string of the molecule is CC(=O)N1CCc2c3n(c4ccccc24)C(=O)CCC31. The van der Waals surface area contributed by atoms with Crippen molar-refractivity contribution in [1.82, 2.24) is 9.47 Å². The Balaban J connectivity index is 2.05. The van der Waals surface area contributed by atoms with Gasteiger partial charge in [0.1, 0.15) is 0 Å². The molecule has 1 amide bonds. The van der Waals surface area contributed by atoms with E-state index in [9.17, 15) is 9.59 Å². The van der Waals surface area contributed by atoms with Crippen molar-refractivity contribution in [1.29, 1.82) is 0 Å². The Hall–Kier alpha value is -2.10. The molecular formula is C16H16N2O2. The van der Waals surface area contributed by atoms with E-state index < -0.39 is 0 Å². The molecular weight excluding hydrogens is 252 g/mol. The first-order valence-corrected chi connectivity index (χ1v) is 7.11. The predicted molar refractivity (Wildman–Crippen MR) is 75.6 cm³/mol. The third kappa shape index (κ3) is 1.36. The molecule has 102 valence electrons. The van der Waals surface area contributed by atoms with Gasteiger partial charge in [-0.3, -0.25) is 14.2 Å². The fourth-order valence-corrected chi connectivity index (χ4v) is 3.79. The first-order chi connectivity index (χ1) is 9.68. The highest BCUT2D eigenvalue weighted by molar-refractivity contribution is 5.97. The summed E-state index contributed by atoms with van der Waals surface area (Å²) in [7, 11) is 0. The van der Waals surface area contributed by atoms with Gasteiger partial charge in [0.05, 0.1) is 17.3 Å². The number of amides is 1. The highest BCUT2D eigenvalue weighted by Crippen LogP contribution is 2.42. The number of fused-ring (bicyclic) bond motifs is 3. The lowest BCUT2D eigenvalue weighted by Crippen LogP contribution is -2.42. The molecule has 20 heavy (non-hydrogen) atoms. The van der Waals surface area contributed by atoms with Crippen molar-refractivity contribution in [2.24, 2.45) is 0 Å². The van der Waals surface area contributed by atoms with E-state index in [1.165, 1.54) is 10.9 Å². The Bertz CT molecular complexity index is 744. The quantitative estimate of drug-likeness (QED) is 0.736. The zero-order chi connectivity index (χ0) is 13.9. The van der Waals surface area contributed by atoms with E-state index in [4.69, 9.17) is 0 Å². The lowest BCUT2D eigenvalue weighted by atomic mass is 9.92. The van der Waals surface area contributed by atoms with Gasteiger partial charge in [0.2, 0.25) is 11.8 Å². The monoisotopic (exact) mass is 268 g/mol. The van der Waals surface area contributed by atoms with Crippen LogP contribution in [0.4, 0.5) is 0 Å². The van der Waals surface area contributed by atoms with Crippen LogP contribution in [0.2, 0.25) is 0 Å². The summed E-state index contributed by atoms with van der Waals surface area (Å²) in [6, 6.07) is 8.15. The second-order valence-electron chi connectivity index (χ2n) is 5.63. The van der Waals surface area contributed by atoms with Crippen LogP contribution >= 0.6 is 0 Å². The first-order valence-electron chi connectivity index (χ1n) is 7.11. The highest BCUT2D eigenvalue weighted by atomic mass is 16.2. The molecule has 4 nitrogen and oxygen atoms in total. The molecule has 1 aromatic heterocycles. The normalized spacial score (nSPS) is 21.1. The molecule has 0 N–H and O–H groups in total. The van der Waals surface area contributed by atoms with Gasteiger partial charge in [-0.25, -0.2) is 0 Å². The van der Waals surface area contributed by atoms with Crippen LogP contribution in [0.15, 0.2) is 24.3 Å². The van der Waals surface area contributed by atoms with E-state index in [2.05, 4.69) is 6.07 Å². The van der Waals surface area contributed by atoms with Gasteiger partial charge in [-0.15, -0.1) is 0 Å². The van der Waals surface area contributed by atoms with Crippen molar-refractivity contribution in [2.45, 2.75) is 32.2 Å². The topological polar surface area (TPSA) is 42.3 Å². The van der Waals surface area contributed by atoms with Crippen LogP contribution in [0, 0.1) is 0 Å². The molecule has 2 aliphatic rings. The second-order valence-corrected chi connectivity index (χ2v) is 5.63. The number of para-hydroxylation sites is 1. The van der Waals surface area contributed by atoms with Gasteiger partial charge in [-0.2, -0.15) is 0 Å². The minimum absolute atomic E-state index is 0.0707. The third-order valence-corrected chi connectivity index (χ3v) is 4.60. The van der Waals surface area contributed by atoms with Crippen LogP contribution in [-0.4, -0.2) is 27.8 Å². The maximum atomic E-state index is 12.3. The van der Waals surface area contributed by atoms with Crippen LogP contribution < -0.4 is 0 Å². The van der Waals surface area contributed by atoms with Crippen molar-refractivity contribution >= 4 is 22.7 Å². The summed E-state index contributed by atoms with van der Waals surface area (Å²) in [6.45, 7) is 2.38. The van der Waals surface area contributed by atoms with Gasteiger partial charge in [0.25, 0.3) is 0 Å². The van der Waals surface area contributed by atoms with E-state index in [1.807, 2.05) is 27.7 Å². The molecule has 0 aliphatic carbocycles. The Morgan fingerprint density at radius 3 is 2.85 bits per heavy atom. The third-order valence-electron chi connectivity index (χ3n) is 4.60. The van der Waals surface area contributed by atoms with Crippen molar-refractivity contribution in [2.75, 3.05) is 6.54 Å². The zero-order valence-corrected chi connectivity index (χ0v) is 11.4. The molecule has 4 rings (SSSR count). The van der Waals surface area contributed by atoms with Crippen LogP contribution in [0.1, 0.15) is 41.9 Å². The molecule has 0 radical (unpaired) electrons. The minimum Gasteiger partial charge on any atom is -0.334 e. The summed E-state index contributed by atoms with van der Waals surface area (Å²) in [6.07, 6.45) is 2.10. The van der Waals surface area contributed by atoms with Crippen molar-refractivity contribution in [3.63, 3.8) is 0 Å². The summed E-state index contributed by atoms with van der Waals surface area (Å²) < 4.78 is 1.86. The standard InChI is InChI=1S/C16H16N2O2/c1-10(19)17-9-8-12-11-4-2-3-5-13(11)18-15(20)7-6-14(17)16(12)18/h2-5,14H,6-9H2,1H3. The van der Waals surface area contributed by atoms with Gasteiger partial charge in [-0.05, 0) is 24.5 Å². The number of nitrogens with zero attached hydrogens (tertiary/aromatic N) is 2. The maximum absolute atomic E-state index is 12.3. The molecule has 0 saturated heterocycles. The number of aromatic nitrogens is 1. The molecule has 0 saturated carbocycles. The lowest BCUT2D eigenvalue weighted by Gasteiger charge is -2.38. The van der Waals surface area contributed by atoms with Gasteiger partial charge in [0.15, 0.2) is 0 Å². The smallest absolute Gasteiger partial charge is 0.231 e. The fraction of sp³-hybridized carbons (Fsp3) is 0.375. The van der Waals surface area contributed by atoms with Crippen LogP contribution in [0.3, 0.4) is 0 Å². The molecule has 4 heteroatoms. The Labute approximate surface area is 117 Å². The summed E-state index contributed by atoms with van der Waals surface area (Å²) in [5.74, 6) is 0.260. The second kappa shape index (κ2) is 3.95. The Morgan fingerprint density at radius 1 is 1.25 bits per heavy atom. The van der Waals surface area contributed by atoms with Crippen molar-refractivity contribution < 1.29 is 9.59 Å². The summed E-state index contributed by atoms with van der Waals surface area (Å²) in [4.78, 5) is 26.1. The molecule has 2 aliphatic heterocycles. The number of hydrogen-bond acceptors (Lipinski definition) is 2. The molecule has 1 aromatic carbocycles. The summed E-state index contributed by atoms with van der Waals surface area (Å²) in [5, 5.41) is 1.17. The van der Waals surface area contributed by atoms with Gasteiger partial charge >= 0.3 is 0 Å². The van der Waals surface area contributed by atoms with Crippen LogP contribution in [-0.2, 0) is 11.2 Å². The molecule has 0 bridgehead atoms. The molecule has 1 atom stereocenters. The Morgan fingerprint density at radius 2 is 2.05 bits per heavy atom. The molecule has 2 aromatic rings. The minimum atomic E-state index is 0.0707. The fourth-order valence-electron chi connectivity index (χ4n) is 3.79. The largest absolute Gasteiger partial charge is 0.334 e. The van der Waals surface area contributed by atoms with Crippen LogP contribution in [0.5, 0.6) is 0 Å². The zero-order valence-electron chi connectivity index (χ0n) is 11.4. The number of carbonyl (C=O) groups excluding carboxylic acids is 2. The van der Waals surface area contributed by atoms with E-state index >= 15 is 0 Å². The van der Waals surface area contributed by atoms with E-state index in [1.54, 1.807) is 6.92 Å². The van der Waals surface area contributed by atoms with Gasteiger partial charge in [-0.1, -0.05) is 18.2 Å². The van der Waals surface area contributed by atoms with E-state index in [-0.39, 0.29) is 17.9 Å². The highest BCUT2D eigenvalue weighted by Gasteiger charge is 2.38. The van der Waals surface area contributed by atoms with E-state index in [0.717, 1.165) is 30.6 Å². The van der Waals surface area contributed by atoms with Crippen LogP contribution in [0.25, 0.3) is 10.9 Å². The number of benzene rings is 1. The van der Waals surface area contributed by atoms with Crippen molar-refractivity contribution in [3.8, 4) is 0 Å². The number of rotatable bonds is 0. The maximum Gasteiger partial charge on any atom is 0.231 e. The molecule has 0 fully saturated rings. The predicted octanol–water partition coefficient (Wildman–Crippen LogP) is 2.52. The molecule has 0 spiro atoms. The molecule has 3 heterocycles. The summed E-state index contributed by atoms with van der Waals surface area (Å²) >= 11 is 0. The average molecular weight is 268 g/mol. The van der Waals surface area contributed by atoms with Crippen molar-refractivity contribution in [3.05, 3.63) is 35.5 Å². The van der Waals surface area contributed by atoms with Gasteiger partial charge in [0, 0.05) is 25.3 Å². The lowest BCUT2D eigenvalue weighted by molar-refractivity contribution is -0.132. The summed E-state index contributed by atoms with van der Waals surface area (Å²) in [5.41, 5.74) is 3.32. The number of carbonyl (C=O) groups is 2. The molecule has 1 unspecified atom stereocenters. The van der Waals surface area contributed by atoms with Gasteiger partial charge < -0.3 is 4.90 Å².